The molecular weight excluding hydrogens is 360 g/mol. The average Bonchev–Trinajstić information content (AvgIpc) is 2.99. The number of Topliss-reactive ketones (excluding diaryl/α,β-unsaturated/α-hetero) is 1. The van der Waals surface area contributed by atoms with Crippen LogP contribution in [0.3, 0.4) is 0 Å². The highest BCUT2D eigenvalue weighted by Gasteiger charge is 2.32. The summed E-state index contributed by atoms with van der Waals surface area (Å²) in [6, 6.07) is 0. The van der Waals surface area contributed by atoms with Crippen molar-refractivity contribution >= 4 is 11.8 Å². The summed E-state index contributed by atoms with van der Waals surface area (Å²) < 4.78 is 4.80. The van der Waals surface area contributed by atoms with Crippen molar-refractivity contribution in [2.24, 2.45) is 11.8 Å². The zero-order valence-electron chi connectivity index (χ0n) is 17.0. The van der Waals surface area contributed by atoms with Crippen molar-refractivity contribution in [2.45, 2.75) is 83.5 Å². The number of ether oxygens (including phenoxy) is 1. The van der Waals surface area contributed by atoms with Crippen LogP contribution >= 0.6 is 0 Å². The number of hydrogen-bond donors (Lipinski definition) is 3. The summed E-state index contributed by atoms with van der Waals surface area (Å²) in [5.41, 5.74) is -0.998. The minimum absolute atomic E-state index is 0.0401. The largest absolute Gasteiger partial charge is 0.477 e. The molecule has 0 aliphatic heterocycles. The maximum atomic E-state index is 12.2. The molecule has 1 aliphatic rings. The van der Waals surface area contributed by atoms with E-state index in [1.165, 1.54) is 0 Å². The van der Waals surface area contributed by atoms with Gasteiger partial charge in [0.05, 0.1) is 6.61 Å². The number of hydrogen-bond acceptors (Lipinski definition) is 5. The number of carboxylic acids is 1. The Labute approximate surface area is 168 Å². The Morgan fingerprint density at radius 1 is 1.39 bits per heavy atom. The highest BCUT2D eigenvalue weighted by molar-refractivity contribution is 5.83. The van der Waals surface area contributed by atoms with Crippen molar-refractivity contribution in [3.05, 3.63) is 12.2 Å². The van der Waals surface area contributed by atoms with Crippen LogP contribution in [0.15, 0.2) is 12.2 Å². The number of carboxylic acid groups (broad SMARTS) is 1. The van der Waals surface area contributed by atoms with Gasteiger partial charge in [-0.1, -0.05) is 37.8 Å². The number of carbonyl (C=O) groups is 2. The number of aliphatic hydroxyl groups is 2. The molecule has 6 nitrogen and oxygen atoms in total. The fraction of sp³-hybridized carbons (Fsp3) is 0.727. The first kappa shape index (κ1) is 24.4. The van der Waals surface area contributed by atoms with E-state index in [-0.39, 0.29) is 24.2 Å². The van der Waals surface area contributed by atoms with Gasteiger partial charge >= 0.3 is 5.97 Å². The van der Waals surface area contributed by atoms with E-state index < -0.39 is 17.9 Å². The molecule has 0 spiro atoms. The van der Waals surface area contributed by atoms with Gasteiger partial charge in [-0.05, 0) is 44.9 Å². The first-order valence-corrected chi connectivity index (χ1v) is 10.2. The van der Waals surface area contributed by atoms with Gasteiger partial charge in [0.25, 0.3) is 6.29 Å². The summed E-state index contributed by atoms with van der Waals surface area (Å²) in [6.07, 6.45) is 8.68. The maximum Gasteiger partial charge on any atom is 0.360 e. The van der Waals surface area contributed by atoms with E-state index >= 15 is 0 Å². The lowest BCUT2D eigenvalue weighted by molar-refractivity contribution is -0.176. The normalized spacial score (nSPS) is 22.6. The molecule has 28 heavy (non-hydrogen) atoms. The summed E-state index contributed by atoms with van der Waals surface area (Å²) in [6.45, 7) is 3.96. The van der Waals surface area contributed by atoms with E-state index in [0.717, 1.165) is 32.1 Å². The van der Waals surface area contributed by atoms with Crippen molar-refractivity contribution in [2.75, 3.05) is 6.61 Å². The highest BCUT2D eigenvalue weighted by Crippen LogP contribution is 2.34. The molecule has 158 valence electrons. The first-order chi connectivity index (χ1) is 13.3. The Bertz CT molecular complexity index is 588. The minimum Gasteiger partial charge on any atom is -0.477 e. The second kappa shape index (κ2) is 12.7. The summed E-state index contributed by atoms with van der Waals surface area (Å²) in [5.74, 6) is 4.72. The van der Waals surface area contributed by atoms with Crippen molar-refractivity contribution < 1.29 is 29.6 Å². The predicted molar refractivity (Wildman–Crippen MR) is 106 cm³/mol. The number of aliphatic hydroxyl groups excluding tert-OH is 1. The lowest BCUT2D eigenvalue weighted by atomic mass is 9.88. The van der Waals surface area contributed by atoms with Gasteiger partial charge in [0, 0.05) is 18.8 Å². The molecule has 3 N–H and O–H groups in total. The third kappa shape index (κ3) is 8.55. The van der Waals surface area contributed by atoms with E-state index in [9.17, 15) is 14.7 Å². The molecule has 0 aromatic carbocycles. The average molecular weight is 395 g/mol. The van der Waals surface area contributed by atoms with Crippen LogP contribution in [0.1, 0.15) is 71.6 Å². The molecule has 0 heterocycles. The molecular formula is C22H34O6. The van der Waals surface area contributed by atoms with Crippen LogP contribution in [0.5, 0.6) is 0 Å². The van der Waals surface area contributed by atoms with E-state index in [4.69, 9.17) is 14.9 Å². The molecule has 2 unspecified atom stereocenters. The lowest BCUT2D eigenvalue weighted by Gasteiger charge is -2.21. The summed E-state index contributed by atoms with van der Waals surface area (Å²) in [4.78, 5) is 22.7. The van der Waals surface area contributed by atoms with Crippen LogP contribution < -0.4 is 0 Å². The first-order valence-electron chi connectivity index (χ1n) is 10.2. The number of rotatable bonds is 13. The Kier molecular flexibility index (Phi) is 11.1. The summed E-state index contributed by atoms with van der Waals surface area (Å²) >= 11 is 0. The maximum absolute atomic E-state index is 12.2. The van der Waals surface area contributed by atoms with Gasteiger partial charge in [-0.15, -0.1) is 5.92 Å². The fourth-order valence-electron chi connectivity index (χ4n) is 3.63. The molecule has 1 aliphatic carbocycles. The van der Waals surface area contributed by atoms with Crippen molar-refractivity contribution in [3.63, 3.8) is 0 Å². The fourth-order valence-corrected chi connectivity index (χ4v) is 3.63. The zero-order chi connectivity index (χ0) is 21.0. The van der Waals surface area contributed by atoms with Crippen LogP contribution in [0.2, 0.25) is 0 Å². The van der Waals surface area contributed by atoms with Gasteiger partial charge in [-0.3, -0.25) is 4.79 Å². The van der Waals surface area contributed by atoms with Crippen LogP contribution in [-0.2, 0) is 14.3 Å². The standard InChI is InChI=1S/C22H34O6/c1-3-5-14-22(27,13-4-2)15-8-9-17-11-12-19(23)18(17)10-6-7-16-28-21(26)20(24)25/h8-9,17-18,21,26-27H,3,5-7,10-12,14-16H2,1-2H3,(H,24,25)/t17-,18+,21?,22?/m0/s1. The van der Waals surface area contributed by atoms with Crippen LogP contribution in [0.25, 0.3) is 0 Å². The molecule has 4 atom stereocenters. The molecule has 0 aromatic rings. The van der Waals surface area contributed by atoms with E-state index in [1.54, 1.807) is 6.92 Å². The Hall–Kier alpha value is -1.68. The third-order valence-electron chi connectivity index (χ3n) is 5.19. The van der Waals surface area contributed by atoms with Gasteiger partial charge < -0.3 is 20.1 Å². The van der Waals surface area contributed by atoms with Gasteiger partial charge in [-0.25, -0.2) is 4.79 Å². The van der Waals surface area contributed by atoms with E-state index in [2.05, 4.69) is 24.8 Å². The van der Waals surface area contributed by atoms with Crippen LogP contribution in [0.4, 0.5) is 0 Å². The number of carbonyl (C=O) groups excluding carboxylic acids is 1. The van der Waals surface area contributed by atoms with Gasteiger partial charge in [0.15, 0.2) is 0 Å². The van der Waals surface area contributed by atoms with Gasteiger partial charge in [0.1, 0.15) is 11.4 Å². The molecule has 1 rings (SSSR count). The number of ketones is 1. The van der Waals surface area contributed by atoms with E-state index in [0.29, 0.717) is 25.7 Å². The molecule has 0 radical (unpaired) electrons. The minimum atomic E-state index is -1.79. The topological polar surface area (TPSA) is 104 Å². The smallest absolute Gasteiger partial charge is 0.360 e. The molecule has 0 saturated heterocycles. The van der Waals surface area contributed by atoms with E-state index in [1.807, 2.05) is 6.08 Å². The zero-order valence-corrected chi connectivity index (χ0v) is 17.0. The molecule has 0 aromatic heterocycles. The number of unbranched alkanes of at least 4 members (excludes halogenated alkanes) is 2. The highest BCUT2D eigenvalue weighted by atomic mass is 16.6. The molecule has 1 fully saturated rings. The van der Waals surface area contributed by atoms with Crippen molar-refractivity contribution in [3.8, 4) is 11.8 Å². The quantitative estimate of drug-likeness (QED) is 0.192. The monoisotopic (exact) mass is 394 g/mol. The Morgan fingerprint density at radius 2 is 2.14 bits per heavy atom. The van der Waals surface area contributed by atoms with Crippen LogP contribution in [0, 0.1) is 23.7 Å². The Balaban J connectivity index is 2.48. The number of allylic oxidation sites excluding steroid dienone is 1. The lowest BCUT2D eigenvalue weighted by Crippen LogP contribution is -2.25. The molecule has 1 saturated carbocycles. The Morgan fingerprint density at radius 3 is 2.79 bits per heavy atom. The van der Waals surface area contributed by atoms with Crippen LogP contribution in [-0.4, -0.2) is 45.6 Å². The van der Waals surface area contributed by atoms with Crippen molar-refractivity contribution in [1.29, 1.82) is 0 Å². The predicted octanol–water partition coefficient (Wildman–Crippen LogP) is 3.06. The SMILES string of the molecule is CC#CC(O)(CC=C[C@H]1CCC(=O)[C@@H]1CCCCOC(O)C(=O)O)CCCC. The molecule has 6 heteroatoms. The second-order valence-electron chi connectivity index (χ2n) is 7.47. The van der Waals surface area contributed by atoms with Crippen molar-refractivity contribution in [1.82, 2.24) is 0 Å². The third-order valence-corrected chi connectivity index (χ3v) is 5.19. The second-order valence-corrected chi connectivity index (χ2v) is 7.47. The van der Waals surface area contributed by atoms with Gasteiger partial charge in [-0.2, -0.15) is 0 Å². The van der Waals surface area contributed by atoms with Gasteiger partial charge in [0.2, 0.25) is 0 Å². The number of aliphatic carboxylic acids is 1. The summed E-state index contributed by atoms with van der Waals surface area (Å²) in [5, 5.41) is 28.3. The molecule has 0 amide bonds. The molecule has 0 bridgehead atoms. The summed E-state index contributed by atoms with van der Waals surface area (Å²) in [7, 11) is 0.